The van der Waals surface area contributed by atoms with Gasteiger partial charge in [0, 0.05) is 26.2 Å². The van der Waals surface area contributed by atoms with E-state index in [1.807, 2.05) is 0 Å². The van der Waals surface area contributed by atoms with Gasteiger partial charge in [-0.3, -0.25) is 4.79 Å². The number of alkyl carbamates (subject to hydrolysis) is 1. The van der Waals surface area contributed by atoms with Crippen LogP contribution in [0, 0.1) is 5.92 Å². The third-order valence-electron chi connectivity index (χ3n) is 3.47. The van der Waals surface area contributed by atoms with Gasteiger partial charge in [0.1, 0.15) is 5.60 Å². The molecule has 0 unspecified atom stereocenters. The molecule has 1 aliphatic rings. The predicted octanol–water partition coefficient (Wildman–Crippen LogP) is 1.50. The lowest BCUT2D eigenvalue weighted by atomic mass is 9.97. The van der Waals surface area contributed by atoms with Gasteiger partial charge >= 0.3 is 18.1 Å². The van der Waals surface area contributed by atoms with Crippen LogP contribution in [0.5, 0.6) is 0 Å². The number of urea groups is 1. The van der Waals surface area contributed by atoms with Crippen molar-refractivity contribution in [3.63, 3.8) is 0 Å². The SMILES string of the molecule is CCOC(=O)C1CCN(C(=O)NCCNC(=O)OC(C)(C)C)CC1. The molecule has 1 fully saturated rings. The number of carbonyl (C=O) groups excluding carboxylic acids is 3. The second-order valence-electron chi connectivity index (χ2n) is 6.67. The molecule has 0 radical (unpaired) electrons. The fourth-order valence-electron chi connectivity index (χ4n) is 2.34. The minimum atomic E-state index is -0.545. The summed E-state index contributed by atoms with van der Waals surface area (Å²) in [5.74, 6) is -0.304. The first-order chi connectivity index (χ1) is 11.2. The Labute approximate surface area is 143 Å². The van der Waals surface area contributed by atoms with Crippen molar-refractivity contribution in [2.24, 2.45) is 5.92 Å². The molecule has 138 valence electrons. The standard InChI is InChI=1S/C16H29N3O5/c1-5-23-13(20)12-6-10-19(11-7-12)14(21)17-8-9-18-15(22)24-16(2,3)4/h12H,5-11H2,1-4H3,(H,17,21)(H,18,22). The molecule has 1 rings (SSSR count). The summed E-state index contributed by atoms with van der Waals surface area (Å²) in [5.41, 5.74) is -0.545. The maximum atomic E-state index is 12.0. The van der Waals surface area contributed by atoms with Gasteiger partial charge in [-0.05, 0) is 40.5 Å². The topological polar surface area (TPSA) is 97.0 Å². The first kappa shape index (κ1) is 20.1. The Morgan fingerprint density at radius 3 is 2.21 bits per heavy atom. The van der Waals surface area contributed by atoms with Gasteiger partial charge in [0.25, 0.3) is 0 Å². The molecule has 0 aromatic heterocycles. The second kappa shape index (κ2) is 9.34. The molecule has 0 bridgehead atoms. The van der Waals surface area contributed by atoms with Gasteiger partial charge < -0.3 is 25.0 Å². The molecular formula is C16H29N3O5. The van der Waals surface area contributed by atoms with Crippen molar-refractivity contribution in [3.8, 4) is 0 Å². The Morgan fingerprint density at radius 2 is 1.67 bits per heavy atom. The molecule has 1 heterocycles. The summed E-state index contributed by atoms with van der Waals surface area (Å²) in [4.78, 5) is 36.8. The molecule has 0 aromatic carbocycles. The summed E-state index contributed by atoms with van der Waals surface area (Å²) in [6, 6.07) is -0.191. The van der Waals surface area contributed by atoms with E-state index in [2.05, 4.69) is 10.6 Å². The molecule has 0 spiro atoms. The molecule has 2 N–H and O–H groups in total. The van der Waals surface area contributed by atoms with Crippen LogP contribution in [0.3, 0.4) is 0 Å². The predicted molar refractivity (Wildman–Crippen MR) is 88.6 cm³/mol. The van der Waals surface area contributed by atoms with Gasteiger partial charge in [0.2, 0.25) is 0 Å². The average molecular weight is 343 g/mol. The van der Waals surface area contributed by atoms with Crippen LogP contribution >= 0.6 is 0 Å². The third kappa shape index (κ3) is 7.52. The molecule has 8 nitrogen and oxygen atoms in total. The quantitative estimate of drug-likeness (QED) is 0.582. The zero-order valence-corrected chi connectivity index (χ0v) is 15.0. The highest BCUT2D eigenvalue weighted by atomic mass is 16.6. The van der Waals surface area contributed by atoms with Crippen LogP contribution in [-0.4, -0.2) is 61.4 Å². The zero-order chi connectivity index (χ0) is 18.2. The largest absolute Gasteiger partial charge is 0.466 e. The first-order valence-corrected chi connectivity index (χ1v) is 8.39. The average Bonchev–Trinajstić information content (AvgIpc) is 2.50. The van der Waals surface area contributed by atoms with Crippen LogP contribution in [0.2, 0.25) is 0 Å². The van der Waals surface area contributed by atoms with E-state index in [1.54, 1.807) is 32.6 Å². The highest BCUT2D eigenvalue weighted by Crippen LogP contribution is 2.18. The Hall–Kier alpha value is -1.99. The highest BCUT2D eigenvalue weighted by Gasteiger charge is 2.28. The summed E-state index contributed by atoms with van der Waals surface area (Å²) >= 11 is 0. The van der Waals surface area contributed by atoms with E-state index >= 15 is 0 Å². The maximum absolute atomic E-state index is 12.0. The van der Waals surface area contributed by atoms with Crippen molar-refractivity contribution in [2.75, 3.05) is 32.8 Å². The molecular weight excluding hydrogens is 314 g/mol. The zero-order valence-electron chi connectivity index (χ0n) is 15.0. The molecule has 0 aromatic rings. The molecule has 3 amide bonds. The van der Waals surface area contributed by atoms with E-state index in [1.165, 1.54) is 0 Å². The van der Waals surface area contributed by atoms with Gasteiger partial charge in [0.15, 0.2) is 0 Å². The van der Waals surface area contributed by atoms with Crippen LogP contribution in [0.1, 0.15) is 40.5 Å². The second-order valence-corrected chi connectivity index (χ2v) is 6.67. The fourth-order valence-corrected chi connectivity index (χ4v) is 2.34. The van der Waals surface area contributed by atoms with E-state index in [0.717, 1.165) is 0 Å². The Kier molecular flexibility index (Phi) is 7.81. The van der Waals surface area contributed by atoms with E-state index < -0.39 is 11.7 Å². The van der Waals surface area contributed by atoms with Gasteiger partial charge in [-0.2, -0.15) is 0 Å². The first-order valence-electron chi connectivity index (χ1n) is 8.39. The molecule has 0 atom stereocenters. The van der Waals surface area contributed by atoms with E-state index in [9.17, 15) is 14.4 Å². The monoisotopic (exact) mass is 343 g/mol. The minimum Gasteiger partial charge on any atom is -0.466 e. The number of nitrogens with zero attached hydrogens (tertiary/aromatic N) is 1. The van der Waals surface area contributed by atoms with Gasteiger partial charge in [-0.15, -0.1) is 0 Å². The lowest BCUT2D eigenvalue weighted by Crippen LogP contribution is -2.47. The minimum absolute atomic E-state index is 0.122. The van der Waals surface area contributed by atoms with Gasteiger partial charge in [-0.1, -0.05) is 0 Å². The van der Waals surface area contributed by atoms with Crippen molar-refractivity contribution >= 4 is 18.1 Å². The third-order valence-corrected chi connectivity index (χ3v) is 3.47. The summed E-state index contributed by atoms with van der Waals surface area (Å²) in [6.07, 6.45) is 0.720. The number of piperidine rings is 1. The molecule has 24 heavy (non-hydrogen) atoms. The Morgan fingerprint density at radius 1 is 1.08 bits per heavy atom. The number of esters is 1. The van der Waals surface area contributed by atoms with Crippen molar-refractivity contribution in [3.05, 3.63) is 0 Å². The van der Waals surface area contributed by atoms with Crippen molar-refractivity contribution in [1.82, 2.24) is 15.5 Å². The molecule has 1 saturated heterocycles. The summed E-state index contributed by atoms with van der Waals surface area (Å²) in [6.45, 7) is 9.17. The summed E-state index contributed by atoms with van der Waals surface area (Å²) in [7, 11) is 0. The van der Waals surface area contributed by atoms with Gasteiger partial charge in [0.05, 0.1) is 12.5 Å². The lowest BCUT2D eigenvalue weighted by molar-refractivity contribution is -0.149. The number of hydrogen-bond donors (Lipinski definition) is 2. The summed E-state index contributed by atoms with van der Waals surface area (Å²) < 4.78 is 10.1. The lowest BCUT2D eigenvalue weighted by Gasteiger charge is -2.30. The number of nitrogens with one attached hydrogen (secondary N) is 2. The number of rotatable bonds is 5. The van der Waals surface area contributed by atoms with Crippen LogP contribution < -0.4 is 10.6 Å². The van der Waals surface area contributed by atoms with Crippen LogP contribution in [0.15, 0.2) is 0 Å². The van der Waals surface area contributed by atoms with Crippen molar-refractivity contribution < 1.29 is 23.9 Å². The Bertz CT molecular complexity index is 439. The molecule has 0 saturated carbocycles. The molecule has 0 aliphatic carbocycles. The number of amides is 3. The van der Waals surface area contributed by atoms with Crippen LogP contribution in [-0.2, 0) is 14.3 Å². The van der Waals surface area contributed by atoms with Gasteiger partial charge in [-0.25, -0.2) is 9.59 Å². The van der Waals surface area contributed by atoms with Crippen LogP contribution in [0.4, 0.5) is 9.59 Å². The fraction of sp³-hybridized carbons (Fsp3) is 0.812. The summed E-state index contributed by atoms with van der Waals surface area (Å²) in [5, 5.41) is 5.32. The number of hydrogen-bond acceptors (Lipinski definition) is 5. The number of ether oxygens (including phenoxy) is 2. The number of carbonyl (C=O) groups is 3. The van der Waals surface area contributed by atoms with Crippen molar-refractivity contribution in [1.29, 1.82) is 0 Å². The molecule has 1 aliphatic heterocycles. The van der Waals surface area contributed by atoms with E-state index in [0.29, 0.717) is 45.6 Å². The van der Waals surface area contributed by atoms with Crippen molar-refractivity contribution in [2.45, 2.75) is 46.1 Å². The van der Waals surface area contributed by atoms with E-state index in [-0.39, 0.29) is 17.9 Å². The maximum Gasteiger partial charge on any atom is 0.407 e. The Balaban J connectivity index is 2.19. The smallest absolute Gasteiger partial charge is 0.407 e. The normalized spacial score (nSPS) is 15.6. The highest BCUT2D eigenvalue weighted by molar-refractivity contribution is 5.76. The number of likely N-dealkylation sites (tertiary alicyclic amines) is 1. The van der Waals surface area contributed by atoms with E-state index in [4.69, 9.17) is 9.47 Å². The van der Waals surface area contributed by atoms with Crippen LogP contribution in [0.25, 0.3) is 0 Å². The molecule has 8 heteroatoms.